The number of fused-ring (bicyclic) bond motifs is 1. The number of nitrogens with one attached hydrogen (secondary N) is 1. The predicted molar refractivity (Wildman–Crippen MR) is 77.2 cm³/mol. The molecule has 0 saturated carbocycles. The van der Waals surface area contributed by atoms with E-state index in [0.29, 0.717) is 12.8 Å². The Bertz CT molecular complexity index is 569. The zero-order valence-corrected chi connectivity index (χ0v) is 11.8. The molecule has 112 valence electrons. The molecule has 1 heterocycles. The normalized spacial score (nSPS) is 24.4. The first-order valence-corrected chi connectivity index (χ1v) is 7.45. The smallest absolute Gasteiger partial charge is 0.332 e. The predicted octanol–water partition coefficient (Wildman–Crippen LogP) is 2.14. The van der Waals surface area contributed by atoms with E-state index in [9.17, 15) is 9.59 Å². The Morgan fingerprint density at radius 3 is 2.67 bits per heavy atom. The molecule has 1 amide bonds. The first kappa shape index (κ1) is 14.1. The van der Waals surface area contributed by atoms with Crippen LogP contribution in [0.5, 0.6) is 0 Å². The molecule has 1 aromatic carbocycles. The van der Waals surface area contributed by atoms with Crippen LogP contribution in [0, 0.1) is 0 Å². The Labute approximate surface area is 123 Å². The number of ether oxygens (including phenoxy) is 1. The highest BCUT2D eigenvalue weighted by Gasteiger charge is 2.35. The Kier molecular flexibility index (Phi) is 3.92. The van der Waals surface area contributed by atoms with E-state index in [4.69, 9.17) is 9.84 Å². The number of amides is 1. The molecular weight excluding hydrogens is 270 g/mol. The Morgan fingerprint density at radius 2 is 1.90 bits per heavy atom. The second-order valence-corrected chi connectivity index (χ2v) is 5.67. The van der Waals surface area contributed by atoms with Crippen molar-refractivity contribution in [2.45, 2.75) is 50.7 Å². The highest BCUT2D eigenvalue weighted by atomic mass is 16.5. The lowest BCUT2D eigenvalue weighted by Gasteiger charge is -2.20. The summed E-state index contributed by atoms with van der Waals surface area (Å²) in [7, 11) is 0. The monoisotopic (exact) mass is 289 g/mol. The van der Waals surface area contributed by atoms with Gasteiger partial charge in [-0.3, -0.25) is 4.79 Å². The molecule has 1 aliphatic carbocycles. The number of carbonyl (C=O) groups excluding carboxylic acids is 1. The second-order valence-electron chi connectivity index (χ2n) is 5.67. The molecule has 1 fully saturated rings. The van der Waals surface area contributed by atoms with Gasteiger partial charge >= 0.3 is 5.97 Å². The van der Waals surface area contributed by atoms with Crippen LogP contribution < -0.4 is 5.32 Å². The number of rotatable bonds is 3. The van der Waals surface area contributed by atoms with Crippen molar-refractivity contribution >= 4 is 17.6 Å². The molecular formula is C16H19NO4. The fourth-order valence-corrected chi connectivity index (χ4v) is 3.12. The summed E-state index contributed by atoms with van der Waals surface area (Å²) in [6.07, 6.45) is 3.70. The van der Waals surface area contributed by atoms with Crippen LogP contribution in [0.15, 0.2) is 18.2 Å². The van der Waals surface area contributed by atoms with Gasteiger partial charge in [0.15, 0.2) is 6.10 Å². The summed E-state index contributed by atoms with van der Waals surface area (Å²) in [6.45, 7) is 0. The maximum Gasteiger partial charge on any atom is 0.332 e. The summed E-state index contributed by atoms with van der Waals surface area (Å²) >= 11 is 0. The van der Waals surface area contributed by atoms with Crippen LogP contribution in [-0.4, -0.2) is 29.2 Å². The first-order valence-electron chi connectivity index (χ1n) is 7.45. The molecule has 2 N–H and O–H groups in total. The lowest BCUT2D eigenvalue weighted by Crippen LogP contribution is -2.30. The summed E-state index contributed by atoms with van der Waals surface area (Å²) in [5.74, 6) is -1.24. The number of carbonyl (C=O) groups is 2. The lowest BCUT2D eigenvalue weighted by molar-refractivity contribution is -0.150. The number of benzene rings is 1. The molecule has 0 radical (unpaired) electrons. The van der Waals surface area contributed by atoms with Crippen LogP contribution in [0.3, 0.4) is 0 Å². The van der Waals surface area contributed by atoms with E-state index in [1.807, 2.05) is 12.1 Å². The van der Waals surface area contributed by atoms with Crippen LogP contribution >= 0.6 is 0 Å². The largest absolute Gasteiger partial charge is 0.479 e. The maximum atomic E-state index is 12.2. The number of hydrogen-bond donors (Lipinski definition) is 2. The summed E-state index contributed by atoms with van der Waals surface area (Å²) in [5, 5.41) is 11.8. The van der Waals surface area contributed by atoms with Crippen LogP contribution in [0.25, 0.3) is 0 Å². The molecule has 21 heavy (non-hydrogen) atoms. The third kappa shape index (κ3) is 2.93. The van der Waals surface area contributed by atoms with Crippen molar-refractivity contribution in [3.63, 3.8) is 0 Å². The number of aryl methyl sites for hydroxylation is 1. The standard InChI is InChI=1S/C16H19NO4/c18-15(13-8-9-14(21-13)16(19)20)17-12-7-3-5-10-4-1-2-6-11(10)12/h3,5,7,13-14H,1-2,4,6,8-9H2,(H,17,18)(H,19,20). The van der Waals surface area contributed by atoms with Crippen molar-refractivity contribution in [3.8, 4) is 0 Å². The summed E-state index contributed by atoms with van der Waals surface area (Å²) in [6, 6.07) is 5.97. The van der Waals surface area contributed by atoms with Crippen molar-refractivity contribution in [1.82, 2.24) is 0 Å². The molecule has 2 atom stereocenters. The molecule has 5 heteroatoms. The van der Waals surface area contributed by atoms with Crippen molar-refractivity contribution in [2.24, 2.45) is 0 Å². The van der Waals surface area contributed by atoms with E-state index in [-0.39, 0.29) is 5.91 Å². The fraction of sp³-hybridized carbons (Fsp3) is 0.500. The fourth-order valence-electron chi connectivity index (χ4n) is 3.12. The van der Waals surface area contributed by atoms with E-state index in [2.05, 4.69) is 11.4 Å². The number of carboxylic acid groups (broad SMARTS) is 1. The zero-order valence-electron chi connectivity index (χ0n) is 11.8. The Hall–Kier alpha value is -1.88. The first-order chi connectivity index (χ1) is 10.1. The minimum Gasteiger partial charge on any atom is -0.479 e. The highest BCUT2D eigenvalue weighted by molar-refractivity contribution is 5.95. The molecule has 1 aliphatic heterocycles. The van der Waals surface area contributed by atoms with Crippen molar-refractivity contribution in [2.75, 3.05) is 5.32 Å². The second kappa shape index (κ2) is 5.85. The van der Waals surface area contributed by atoms with Crippen molar-refractivity contribution in [3.05, 3.63) is 29.3 Å². The van der Waals surface area contributed by atoms with E-state index in [0.717, 1.165) is 24.9 Å². The molecule has 2 unspecified atom stereocenters. The van der Waals surface area contributed by atoms with Gasteiger partial charge in [-0.05, 0) is 55.7 Å². The van der Waals surface area contributed by atoms with Gasteiger partial charge < -0.3 is 15.2 Å². The van der Waals surface area contributed by atoms with Crippen LogP contribution in [0.4, 0.5) is 5.69 Å². The lowest BCUT2D eigenvalue weighted by atomic mass is 9.90. The molecule has 3 rings (SSSR count). The average Bonchev–Trinajstić information content (AvgIpc) is 2.98. The van der Waals surface area contributed by atoms with Gasteiger partial charge in [0.1, 0.15) is 6.10 Å². The minimum atomic E-state index is -0.998. The summed E-state index contributed by atoms with van der Waals surface area (Å²) in [5.41, 5.74) is 3.36. The number of aliphatic carboxylic acids is 1. The maximum absolute atomic E-state index is 12.2. The molecule has 0 bridgehead atoms. The Balaban J connectivity index is 1.70. The minimum absolute atomic E-state index is 0.238. The topological polar surface area (TPSA) is 75.6 Å². The number of anilines is 1. The SMILES string of the molecule is O=C(O)C1CCC(C(=O)Nc2cccc3c2CCCC3)O1. The third-order valence-electron chi connectivity index (χ3n) is 4.24. The highest BCUT2D eigenvalue weighted by Crippen LogP contribution is 2.29. The van der Waals surface area contributed by atoms with Crippen LogP contribution in [-0.2, 0) is 27.2 Å². The van der Waals surface area contributed by atoms with E-state index < -0.39 is 18.2 Å². The molecule has 2 aliphatic rings. The molecule has 5 nitrogen and oxygen atoms in total. The summed E-state index contributed by atoms with van der Waals surface area (Å²) < 4.78 is 5.29. The van der Waals surface area contributed by atoms with Gasteiger partial charge in [-0.2, -0.15) is 0 Å². The van der Waals surface area contributed by atoms with Gasteiger partial charge in [0.25, 0.3) is 5.91 Å². The van der Waals surface area contributed by atoms with Gasteiger partial charge in [0, 0.05) is 5.69 Å². The van der Waals surface area contributed by atoms with Crippen molar-refractivity contribution in [1.29, 1.82) is 0 Å². The third-order valence-corrected chi connectivity index (χ3v) is 4.24. The van der Waals surface area contributed by atoms with Gasteiger partial charge in [-0.25, -0.2) is 4.79 Å². The molecule has 0 spiro atoms. The van der Waals surface area contributed by atoms with Gasteiger partial charge in [0.2, 0.25) is 0 Å². The number of carboxylic acids is 1. The van der Waals surface area contributed by atoms with Crippen LogP contribution in [0.2, 0.25) is 0 Å². The Morgan fingerprint density at radius 1 is 1.14 bits per heavy atom. The van der Waals surface area contributed by atoms with Gasteiger partial charge in [0.05, 0.1) is 0 Å². The van der Waals surface area contributed by atoms with E-state index in [1.54, 1.807) is 0 Å². The van der Waals surface area contributed by atoms with Crippen molar-refractivity contribution < 1.29 is 19.4 Å². The van der Waals surface area contributed by atoms with Gasteiger partial charge in [-0.1, -0.05) is 12.1 Å². The average molecular weight is 289 g/mol. The van der Waals surface area contributed by atoms with E-state index in [1.165, 1.54) is 17.5 Å². The molecule has 1 saturated heterocycles. The molecule has 0 aromatic heterocycles. The van der Waals surface area contributed by atoms with E-state index >= 15 is 0 Å². The quantitative estimate of drug-likeness (QED) is 0.894. The van der Waals surface area contributed by atoms with Gasteiger partial charge in [-0.15, -0.1) is 0 Å². The van der Waals surface area contributed by atoms with Crippen LogP contribution in [0.1, 0.15) is 36.8 Å². The summed E-state index contributed by atoms with van der Waals surface area (Å²) in [4.78, 5) is 23.1. The zero-order chi connectivity index (χ0) is 14.8. The molecule has 1 aromatic rings. The number of hydrogen-bond acceptors (Lipinski definition) is 3.